The summed E-state index contributed by atoms with van der Waals surface area (Å²) in [5.74, 6) is 0.434. The number of hydrogen-bond acceptors (Lipinski definition) is 6. The molecule has 0 aliphatic rings. The van der Waals surface area contributed by atoms with Crippen molar-refractivity contribution in [3.63, 3.8) is 0 Å². The first-order chi connectivity index (χ1) is 16.6. The van der Waals surface area contributed by atoms with Crippen molar-refractivity contribution >= 4 is 27.3 Å². The summed E-state index contributed by atoms with van der Waals surface area (Å²) >= 11 is 0. The van der Waals surface area contributed by atoms with E-state index in [1.807, 2.05) is 32.0 Å². The van der Waals surface area contributed by atoms with E-state index in [4.69, 9.17) is 9.47 Å². The van der Waals surface area contributed by atoms with Gasteiger partial charge >= 0.3 is 0 Å². The molecule has 1 amide bonds. The molecule has 0 unspecified atom stereocenters. The second-order valence-corrected chi connectivity index (χ2v) is 9.82. The van der Waals surface area contributed by atoms with Gasteiger partial charge in [-0.1, -0.05) is 23.8 Å². The van der Waals surface area contributed by atoms with Crippen molar-refractivity contribution in [3.8, 4) is 11.5 Å². The SMILES string of the molecule is COc1ccc(/C(C)=N\NC(=O)CN(c2cc(C)ccc2OC)S(=O)(=O)c2ccc(C)cc2)cc1. The zero-order chi connectivity index (χ0) is 25.6. The predicted octanol–water partition coefficient (Wildman–Crippen LogP) is 4.06. The maximum absolute atomic E-state index is 13.6. The number of ether oxygens (including phenoxy) is 2. The van der Waals surface area contributed by atoms with E-state index < -0.39 is 22.5 Å². The summed E-state index contributed by atoms with van der Waals surface area (Å²) in [6, 6.07) is 18.8. The zero-order valence-electron chi connectivity index (χ0n) is 20.4. The van der Waals surface area contributed by atoms with Gasteiger partial charge in [0.1, 0.15) is 18.0 Å². The first kappa shape index (κ1) is 25.8. The van der Waals surface area contributed by atoms with Crippen LogP contribution in [0, 0.1) is 13.8 Å². The fraction of sp³-hybridized carbons (Fsp3) is 0.231. The number of sulfonamides is 1. The first-order valence-corrected chi connectivity index (χ1v) is 12.3. The van der Waals surface area contributed by atoms with E-state index in [1.54, 1.807) is 50.4 Å². The van der Waals surface area contributed by atoms with Gasteiger partial charge in [-0.05, 0) is 80.4 Å². The highest BCUT2D eigenvalue weighted by atomic mass is 32.2. The summed E-state index contributed by atoms with van der Waals surface area (Å²) in [6.07, 6.45) is 0. The van der Waals surface area contributed by atoms with Crippen molar-refractivity contribution in [2.75, 3.05) is 25.1 Å². The van der Waals surface area contributed by atoms with Gasteiger partial charge < -0.3 is 9.47 Å². The number of aryl methyl sites for hydroxylation is 2. The smallest absolute Gasteiger partial charge is 0.264 e. The van der Waals surface area contributed by atoms with E-state index in [9.17, 15) is 13.2 Å². The van der Waals surface area contributed by atoms with Crippen LogP contribution in [0.5, 0.6) is 11.5 Å². The normalized spacial score (nSPS) is 11.6. The third-order valence-corrected chi connectivity index (χ3v) is 7.13. The number of carbonyl (C=O) groups excluding carboxylic acids is 1. The molecule has 0 aliphatic heterocycles. The highest BCUT2D eigenvalue weighted by Gasteiger charge is 2.29. The van der Waals surface area contributed by atoms with Gasteiger partial charge in [0.2, 0.25) is 0 Å². The van der Waals surface area contributed by atoms with E-state index >= 15 is 0 Å². The van der Waals surface area contributed by atoms with Gasteiger partial charge in [0.25, 0.3) is 15.9 Å². The fourth-order valence-corrected chi connectivity index (χ4v) is 4.76. The monoisotopic (exact) mass is 495 g/mol. The molecular weight excluding hydrogens is 466 g/mol. The molecule has 0 aliphatic carbocycles. The third-order valence-electron chi connectivity index (χ3n) is 5.36. The fourth-order valence-electron chi connectivity index (χ4n) is 3.34. The molecule has 35 heavy (non-hydrogen) atoms. The highest BCUT2D eigenvalue weighted by Crippen LogP contribution is 2.33. The minimum Gasteiger partial charge on any atom is -0.497 e. The minimum absolute atomic E-state index is 0.0670. The number of methoxy groups -OCH3 is 2. The van der Waals surface area contributed by atoms with Gasteiger partial charge in [-0.3, -0.25) is 9.10 Å². The summed E-state index contributed by atoms with van der Waals surface area (Å²) < 4.78 is 38.8. The van der Waals surface area contributed by atoms with Gasteiger partial charge in [0, 0.05) is 0 Å². The second kappa shape index (κ2) is 11.1. The summed E-state index contributed by atoms with van der Waals surface area (Å²) in [4.78, 5) is 13.0. The lowest BCUT2D eigenvalue weighted by atomic mass is 10.1. The average molecular weight is 496 g/mol. The van der Waals surface area contributed by atoms with Crippen LogP contribution in [-0.4, -0.2) is 40.8 Å². The standard InChI is InChI=1S/C26H29N3O5S/c1-18-6-13-23(14-7-18)35(31,32)29(24-16-19(2)8-15-25(24)34-5)17-26(30)28-27-20(3)21-9-11-22(33-4)12-10-21/h6-16H,17H2,1-5H3,(H,28,30)/b27-20-. The first-order valence-electron chi connectivity index (χ1n) is 10.9. The lowest BCUT2D eigenvalue weighted by molar-refractivity contribution is -0.119. The summed E-state index contributed by atoms with van der Waals surface area (Å²) in [5.41, 5.74) is 5.81. The molecule has 0 atom stereocenters. The molecule has 184 valence electrons. The summed E-state index contributed by atoms with van der Waals surface area (Å²) in [6.45, 7) is 4.96. The zero-order valence-corrected chi connectivity index (χ0v) is 21.2. The highest BCUT2D eigenvalue weighted by molar-refractivity contribution is 7.92. The maximum Gasteiger partial charge on any atom is 0.264 e. The van der Waals surface area contributed by atoms with Crippen LogP contribution in [0.25, 0.3) is 0 Å². The maximum atomic E-state index is 13.6. The number of nitrogens with zero attached hydrogens (tertiary/aromatic N) is 2. The molecule has 3 aromatic carbocycles. The van der Waals surface area contributed by atoms with Crippen LogP contribution in [0.15, 0.2) is 76.7 Å². The Labute approximate surface area is 206 Å². The number of carbonyl (C=O) groups is 1. The molecule has 0 fully saturated rings. The molecular formula is C26H29N3O5S. The van der Waals surface area contributed by atoms with Crippen LogP contribution in [-0.2, 0) is 14.8 Å². The topological polar surface area (TPSA) is 97.3 Å². The molecule has 3 aromatic rings. The number of hydrogen-bond donors (Lipinski definition) is 1. The Morgan fingerprint density at radius 2 is 1.54 bits per heavy atom. The Balaban J connectivity index is 1.93. The van der Waals surface area contributed by atoms with Crippen LogP contribution in [0.4, 0.5) is 5.69 Å². The Morgan fingerprint density at radius 1 is 0.914 bits per heavy atom. The minimum atomic E-state index is -4.08. The van der Waals surface area contributed by atoms with Gasteiger partial charge in [-0.25, -0.2) is 13.8 Å². The van der Waals surface area contributed by atoms with Gasteiger partial charge in [-0.2, -0.15) is 5.10 Å². The van der Waals surface area contributed by atoms with Gasteiger partial charge in [-0.15, -0.1) is 0 Å². The van der Waals surface area contributed by atoms with Crippen molar-refractivity contribution in [1.29, 1.82) is 0 Å². The van der Waals surface area contributed by atoms with Crippen molar-refractivity contribution in [2.45, 2.75) is 25.7 Å². The van der Waals surface area contributed by atoms with Crippen LogP contribution >= 0.6 is 0 Å². The molecule has 0 aromatic heterocycles. The molecule has 3 rings (SSSR count). The number of nitrogens with one attached hydrogen (secondary N) is 1. The lowest BCUT2D eigenvalue weighted by Gasteiger charge is -2.25. The summed E-state index contributed by atoms with van der Waals surface area (Å²) in [5, 5.41) is 4.15. The molecule has 8 nitrogen and oxygen atoms in total. The molecule has 0 radical (unpaired) electrons. The molecule has 0 heterocycles. The van der Waals surface area contributed by atoms with Crippen LogP contribution in [0.1, 0.15) is 23.6 Å². The van der Waals surface area contributed by atoms with Crippen LogP contribution < -0.4 is 19.2 Å². The van der Waals surface area contributed by atoms with Gasteiger partial charge in [0.15, 0.2) is 0 Å². The summed E-state index contributed by atoms with van der Waals surface area (Å²) in [7, 11) is -1.05. The number of benzene rings is 3. The Hall–Kier alpha value is -3.85. The number of amides is 1. The Kier molecular flexibility index (Phi) is 8.14. The van der Waals surface area contributed by atoms with Crippen molar-refractivity contribution in [1.82, 2.24) is 5.43 Å². The number of rotatable bonds is 9. The van der Waals surface area contributed by atoms with Crippen molar-refractivity contribution in [2.24, 2.45) is 5.10 Å². The van der Waals surface area contributed by atoms with Crippen molar-refractivity contribution < 1.29 is 22.7 Å². The second-order valence-electron chi connectivity index (χ2n) is 7.96. The van der Waals surface area contributed by atoms with Crippen LogP contribution in [0.2, 0.25) is 0 Å². The lowest BCUT2D eigenvalue weighted by Crippen LogP contribution is -2.40. The Morgan fingerprint density at radius 3 is 2.14 bits per heavy atom. The third kappa shape index (κ3) is 6.19. The Bertz CT molecular complexity index is 1320. The van der Waals surface area contributed by atoms with E-state index in [0.717, 1.165) is 21.0 Å². The molecule has 1 N–H and O–H groups in total. The van der Waals surface area contributed by atoms with E-state index in [1.165, 1.54) is 19.2 Å². The van der Waals surface area contributed by atoms with Gasteiger partial charge in [0.05, 0.1) is 30.5 Å². The quantitative estimate of drug-likeness (QED) is 0.357. The number of anilines is 1. The molecule has 0 saturated heterocycles. The molecule has 9 heteroatoms. The molecule has 0 spiro atoms. The molecule has 0 bridgehead atoms. The van der Waals surface area contributed by atoms with E-state index in [0.29, 0.717) is 17.2 Å². The van der Waals surface area contributed by atoms with Crippen molar-refractivity contribution in [3.05, 3.63) is 83.4 Å². The number of hydrazone groups is 1. The van der Waals surface area contributed by atoms with E-state index in [-0.39, 0.29) is 10.6 Å². The van der Waals surface area contributed by atoms with Crippen LogP contribution in [0.3, 0.4) is 0 Å². The largest absolute Gasteiger partial charge is 0.497 e. The predicted molar refractivity (Wildman–Crippen MR) is 137 cm³/mol. The molecule has 0 saturated carbocycles. The van der Waals surface area contributed by atoms with E-state index in [2.05, 4.69) is 10.5 Å². The average Bonchev–Trinajstić information content (AvgIpc) is 2.86.